The summed E-state index contributed by atoms with van der Waals surface area (Å²) in [6.45, 7) is 1.18. The molecule has 0 aliphatic heterocycles. The van der Waals surface area contributed by atoms with Crippen molar-refractivity contribution >= 4 is 11.9 Å². The van der Waals surface area contributed by atoms with Crippen LogP contribution >= 0.6 is 0 Å². The molecule has 144 valence electrons. The van der Waals surface area contributed by atoms with Crippen LogP contribution in [0, 0.1) is 6.92 Å². The SMILES string of the molecule is Cc1ccc(C(CC(=O)O)NC(=O)Cn2cc(C(F)(F)F)ccc2=O)cc1. The number of rotatable bonds is 6. The summed E-state index contributed by atoms with van der Waals surface area (Å²) in [7, 11) is 0. The summed E-state index contributed by atoms with van der Waals surface area (Å²) >= 11 is 0. The second-order valence-corrected chi connectivity index (χ2v) is 6.01. The fraction of sp³-hybridized carbons (Fsp3) is 0.278. The Hall–Kier alpha value is -3.10. The van der Waals surface area contributed by atoms with Gasteiger partial charge < -0.3 is 15.0 Å². The molecule has 1 heterocycles. The second kappa shape index (κ2) is 8.07. The van der Waals surface area contributed by atoms with Gasteiger partial charge in [0.15, 0.2) is 0 Å². The Labute approximate surface area is 152 Å². The Balaban J connectivity index is 2.20. The molecule has 2 rings (SSSR count). The monoisotopic (exact) mass is 382 g/mol. The number of hydrogen-bond acceptors (Lipinski definition) is 3. The molecule has 0 radical (unpaired) electrons. The Morgan fingerprint density at radius 1 is 1.15 bits per heavy atom. The molecule has 27 heavy (non-hydrogen) atoms. The first kappa shape index (κ1) is 20.2. The summed E-state index contributed by atoms with van der Waals surface area (Å²) in [4.78, 5) is 35.0. The maximum absolute atomic E-state index is 12.8. The minimum Gasteiger partial charge on any atom is -0.481 e. The fourth-order valence-corrected chi connectivity index (χ4v) is 2.44. The lowest BCUT2D eigenvalue weighted by molar-refractivity contribution is -0.139. The van der Waals surface area contributed by atoms with Gasteiger partial charge in [0.1, 0.15) is 6.54 Å². The van der Waals surface area contributed by atoms with E-state index in [1.807, 2.05) is 6.92 Å². The first-order valence-corrected chi connectivity index (χ1v) is 7.91. The van der Waals surface area contributed by atoms with Gasteiger partial charge in [0.05, 0.1) is 18.0 Å². The number of carboxylic acid groups (broad SMARTS) is 1. The summed E-state index contributed by atoms with van der Waals surface area (Å²) in [6, 6.07) is 7.28. The second-order valence-electron chi connectivity index (χ2n) is 6.01. The van der Waals surface area contributed by atoms with Gasteiger partial charge in [-0.1, -0.05) is 29.8 Å². The van der Waals surface area contributed by atoms with Crippen LogP contribution < -0.4 is 10.9 Å². The number of halogens is 3. The van der Waals surface area contributed by atoms with E-state index in [0.29, 0.717) is 22.4 Å². The third-order valence-electron chi connectivity index (χ3n) is 3.82. The lowest BCUT2D eigenvalue weighted by Gasteiger charge is -2.18. The largest absolute Gasteiger partial charge is 0.481 e. The number of carbonyl (C=O) groups excluding carboxylic acids is 1. The number of alkyl halides is 3. The highest BCUT2D eigenvalue weighted by atomic mass is 19.4. The maximum atomic E-state index is 12.8. The van der Waals surface area contributed by atoms with Crippen molar-refractivity contribution in [3.63, 3.8) is 0 Å². The van der Waals surface area contributed by atoms with Gasteiger partial charge in [0.2, 0.25) is 5.91 Å². The molecule has 1 aromatic heterocycles. The van der Waals surface area contributed by atoms with Crippen LogP contribution in [0.5, 0.6) is 0 Å². The number of aryl methyl sites for hydroxylation is 1. The average Bonchev–Trinajstić information content (AvgIpc) is 2.55. The molecule has 6 nitrogen and oxygen atoms in total. The first-order valence-electron chi connectivity index (χ1n) is 7.91. The lowest BCUT2D eigenvalue weighted by Crippen LogP contribution is -2.35. The number of benzene rings is 1. The number of hydrogen-bond donors (Lipinski definition) is 2. The van der Waals surface area contributed by atoms with Crippen molar-refractivity contribution in [1.29, 1.82) is 0 Å². The molecule has 1 atom stereocenters. The summed E-state index contributed by atoms with van der Waals surface area (Å²) in [5.74, 6) is -1.93. The van der Waals surface area contributed by atoms with Crippen LogP contribution in [0.2, 0.25) is 0 Å². The Bertz CT molecular complexity index is 889. The van der Waals surface area contributed by atoms with Gasteiger partial charge >= 0.3 is 12.1 Å². The van der Waals surface area contributed by atoms with E-state index in [4.69, 9.17) is 5.11 Å². The van der Waals surface area contributed by atoms with E-state index in [9.17, 15) is 27.6 Å². The molecule has 0 aliphatic carbocycles. The molecule has 2 N–H and O–H groups in total. The zero-order chi connectivity index (χ0) is 20.2. The highest BCUT2D eigenvalue weighted by Crippen LogP contribution is 2.28. The fourth-order valence-electron chi connectivity index (χ4n) is 2.44. The molecular formula is C18H17F3N2O4. The van der Waals surface area contributed by atoms with E-state index in [1.54, 1.807) is 24.3 Å². The molecule has 9 heteroatoms. The van der Waals surface area contributed by atoms with Crippen molar-refractivity contribution in [2.45, 2.75) is 32.1 Å². The zero-order valence-electron chi connectivity index (χ0n) is 14.3. The predicted octanol–water partition coefficient (Wildman–Crippen LogP) is 2.51. The van der Waals surface area contributed by atoms with Crippen LogP contribution in [0.4, 0.5) is 13.2 Å². The number of carboxylic acids is 1. The molecule has 1 aromatic carbocycles. The number of aromatic nitrogens is 1. The van der Waals surface area contributed by atoms with Crippen molar-refractivity contribution in [3.05, 3.63) is 69.6 Å². The standard InChI is InChI=1S/C18H17F3N2O4/c1-11-2-4-12(5-3-11)14(8-17(26)27)22-15(24)10-23-9-13(18(19,20)21)6-7-16(23)25/h2-7,9,14H,8,10H2,1H3,(H,22,24)(H,26,27). The normalized spacial score (nSPS) is 12.4. The summed E-state index contributed by atoms with van der Waals surface area (Å²) in [6.07, 6.45) is -4.51. The van der Waals surface area contributed by atoms with Gasteiger partial charge in [-0.05, 0) is 18.6 Å². The van der Waals surface area contributed by atoms with E-state index >= 15 is 0 Å². The molecule has 0 saturated carbocycles. The lowest BCUT2D eigenvalue weighted by atomic mass is 10.0. The molecule has 0 fully saturated rings. The first-order chi connectivity index (χ1) is 12.6. The zero-order valence-corrected chi connectivity index (χ0v) is 14.3. The Morgan fingerprint density at radius 3 is 2.33 bits per heavy atom. The van der Waals surface area contributed by atoms with Crippen LogP contribution in [-0.2, 0) is 22.3 Å². The molecular weight excluding hydrogens is 365 g/mol. The molecule has 1 amide bonds. The molecule has 0 aliphatic rings. The van der Waals surface area contributed by atoms with Crippen LogP contribution in [0.15, 0.2) is 47.4 Å². The van der Waals surface area contributed by atoms with Gasteiger partial charge in [0.25, 0.3) is 5.56 Å². The number of nitrogens with one attached hydrogen (secondary N) is 1. The van der Waals surface area contributed by atoms with Gasteiger partial charge in [-0.2, -0.15) is 13.2 Å². The summed E-state index contributed by atoms with van der Waals surface area (Å²) in [5, 5.41) is 11.5. The van der Waals surface area contributed by atoms with Crippen LogP contribution in [0.1, 0.15) is 29.2 Å². The van der Waals surface area contributed by atoms with Crippen LogP contribution in [-0.4, -0.2) is 21.6 Å². The summed E-state index contributed by atoms with van der Waals surface area (Å²) < 4.78 is 38.9. The van der Waals surface area contributed by atoms with Gasteiger partial charge in [-0.15, -0.1) is 0 Å². The summed E-state index contributed by atoms with van der Waals surface area (Å²) in [5.41, 5.74) is -0.360. The molecule has 0 bridgehead atoms. The van der Waals surface area contributed by atoms with Crippen LogP contribution in [0.3, 0.4) is 0 Å². The van der Waals surface area contributed by atoms with Crippen LogP contribution in [0.25, 0.3) is 0 Å². The van der Waals surface area contributed by atoms with Crippen molar-refractivity contribution in [3.8, 4) is 0 Å². The average molecular weight is 382 g/mol. The van der Waals surface area contributed by atoms with E-state index in [1.165, 1.54) is 0 Å². The minimum atomic E-state index is -4.65. The Kier molecular flexibility index (Phi) is 6.04. The van der Waals surface area contributed by atoms with E-state index in [2.05, 4.69) is 5.32 Å². The number of amides is 1. The highest BCUT2D eigenvalue weighted by Gasteiger charge is 2.31. The number of carbonyl (C=O) groups is 2. The molecule has 1 unspecified atom stereocenters. The smallest absolute Gasteiger partial charge is 0.417 e. The predicted molar refractivity (Wildman–Crippen MR) is 90.0 cm³/mol. The maximum Gasteiger partial charge on any atom is 0.417 e. The van der Waals surface area contributed by atoms with Gasteiger partial charge in [-0.3, -0.25) is 14.4 Å². The number of pyridine rings is 1. The number of nitrogens with zero attached hydrogens (tertiary/aromatic N) is 1. The highest BCUT2D eigenvalue weighted by molar-refractivity contribution is 5.77. The third kappa shape index (κ3) is 5.70. The van der Waals surface area contributed by atoms with Gasteiger partial charge in [-0.25, -0.2) is 0 Å². The van der Waals surface area contributed by atoms with Crippen molar-refractivity contribution in [2.75, 3.05) is 0 Å². The van der Waals surface area contributed by atoms with Gasteiger partial charge in [0, 0.05) is 12.3 Å². The quantitative estimate of drug-likeness (QED) is 0.804. The Morgan fingerprint density at radius 2 is 1.78 bits per heavy atom. The van der Waals surface area contributed by atoms with E-state index in [-0.39, 0.29) is 0 Å². The van der Waals surface area contributed by atoms with Crippen molar-refractivity contribution in [1.82, 2.24) is 9.88 Å². The minimum absolute atomic E-state index is 0.410. The van der Waals surface area contributed by atoms with E-state index in [0.717, 1.165) is 11.6 Å². The van der Waals surface area contributed by atoms with Crippen molar-refractivity contribution in [2.24, 2.45) is 0 Å². The third-order valence-corrected chi connectivity index (χ3v) is 3.82. The molecule has 2 aromatic rings. The topological polar surface area (TPSA) is 88.4 Å². The van der Waals surface area contributed by atoms with Crippen molar-refractivity contribution < 1.29 is 27.9 Å². The molecule has 0 saturated heterocycles. The molecule has 0 spiro atoms. The number of aliphatic carboxylic acids is 1. The van der Waals surface area contributed by atoms with E-state index < -0.39 is 48.2 Å².